The van der Waals surface area contributed by atoms with Crippen LogP contribution in [0.5, 0.6) is 11.5 Å². The zero-order valence-electron chi connectivity index (χ0n) is 12.4. The fourth-order valence-corrected chi connectivity index (χ4v) is 2.50. The smallest absolute Gasteiger partial charge is 0.337 e. The van der Waals surface area contributed by atoms with Crippen LogP contribution in [0.1, 0.15) is 0 Å². The van der Waals surface area contributed by atoms with Crippen molar-refractivity contribution in [1.29, 1.82) is 0 Å². The molecule has 5 nitrogen and oxygen atoms in total. The van der Waals surface area contributed by atoms with Crippen LogP contribution in [0.15, 0.2) is 45.3 Å². The van der Waals surface area contributed by atoms with Crippen molar-refractivity contribution in [1.82, 2.24) is 0 Å². The minimum atomic E-state index is -0.775. The Labute approximate surface area is 158 Å². The Bertz CT molecular complexity index is 733. The van der Waals surface area contributed by atoms with Crippen LogP contribution in [0, 0.1) is 11.6 Å². The molecule has 132 valence electrons. The summed E-state index contributed by atoms with van der Waals surface area (Å²) in [6.45, 7) is -1.02. The molecular formula is C16H10Br2F2O5. The van der Waals surface area contributed by atoms with Gasteiger partial charge >= 0.3 is 11.9 Å². The largest absolute Gasteiger partial charge is 0.424 e. The molecule has 0 heterocycles. The van der Waals surface area contributed by atoms with Crippen LogP contribution in [-0.4, -0.2) is 25.2 Å². The number of hydrogen-bond acceptors (Lipinski definition) is 5. The molecule has 2 rings (SSSR count). The molecule has 0 fully saturated rings. The molecule has 2 aromatic carbocycles. The number of rotatable bonds is 6. The molecule has 0 aromatic heterocycles. The van der Waals surface area contributed by atoms with Crippen LogP contribution >= 0.6 is 31.9 Å². The number of carbonyl (C=O) groups is 2. The molecule has 0 aliphatic rings. The summed E-state index contributed by atoms with van der Waals surface area (Å²) in [5.74, 6) is -2.29. The third kappa shape index (κ3) is 6.18. The first kappa shape index (κ1) is 19.5. The molecule has 0 aliphatic carbocycles. The van der Waals surface area contributed by atoms with Crippen LogP contribution in [-0.2, 0) is 14.3 Å². The predicted molar refractivity (Wildman–Crippen MR) is 90.3 cm³/mol. The van der Waals surface area contributed by atoms with Crippen molar-refractivity contribution in [3.63, 3.8) is 0 Å². The van der Waals surface area contributed by atoms with Crippen LogP contribution < -0.4 is 9.47 Å². The summed E-state index contributed by atoms with van der Waals surface area (Å²) in [5, 5.41) is 0. The second kappa shape index (κ2) is 9.02. The first-order valence-electron chi connectivity index (χ1n) is 6.74. The monoisotopic (exact) mass is 478 g/mol. The number of hydrogen-bond donors (Lipinski definition) is 0. The van der Waals surface area contributed by atoms with E-state index < -0.39 is 36.8 Å². The molecule has 0 atom stereocenters. The van der Waals surface area contributed by atoms with Crippen molar-refractivity contribution in [2.24, 2.45) is 0 Å². The van der Waals surface area contributed by atoms with E-state index in [1.165, 1.54) is 12.1 Å². The maximum Gasteiger partial charge on any atom is 0.337 e. The van der Waals surface area contributed by atoms with Gasteiger partial charge in [0.05, 0.1) is 8.95 Å². The SMILES string of the molecule is O=C(COCC(=O)Oc1ccc(F)cc1Br)Oc1ccc(F)cc1Br. The van der Waals surface area contributed by atoms with E-state index in [-0.39, 0.29) is 20.4 Å². The molecule has 0 radical (unpaired) electrons. The molecular weight excluding hydrogens is 470 g/mol. The van der Waals surface area contributed by atoms with Gasteiger partial charge in [-0.05, 0) is 68.3 Å². The lowest BCUT2D eigenvalue weighted by Crippen LogP contribution is -2.21. The van der Waals surface area contributed by atoms with Gasteiger partial charge in [-0.2, -0.15) is 0 Å². The van der Waals surface area contributed by atoms with Gasteiger partial charge in [-0.1, -0.05) is 0 Å². The zero-order valence-corrected chi connectivity index (χ0v) is 15.6. The number of ether oxygens (including phenoxy) is 3. The average molecular weight is 480 g/mol. The number of carbonyl (C=O) groups excluding carboxylic acids is 2. The summed E-state index contributed by atoms with van der Waals surface area (Å²) in [4.78, 5) is 23.2. The van der Waals surface area contributed by atoms with E-state index in [1.54, 1.807) is 0 Å². The van der Waals surface area contributed by atoms with Crippen LogP contribution in [0.25, 0.3) is 0 Å². The molecule has 0 bridgehead atoms. The van der Waals surface area contributed by atoms with Gasteiger partial charge in [-0.3, -0.25) is 0 Å². The highest BCUT2D eigenvalue weighted by molar-refractivity contribution is 9.10. The van der Waals surface area contributed by atoms with Crippen LogP contribution in [0.2, 0.25) is 0 Å². The van der Waals surface area contributed by atoms with Gasteiger partial charge in [0, 0.05) is 0 Å². The molecule has 0 N–H and O–H groups in total. The molecule has 9 heteroatoms. The Morgan fingerprint density at radius 1 is 0.800 bits per heavy atom. The van der Waals surface area contributed by atoms with Crippen LogP contribution in [0.4, 0.5) is 8.78 Å². The average Bonchev–Trinajstić information content (AvgIpc) is 2.53. The quantitative estimate of drug-likeness (QED) is 0.462. The van der Waals surface area contributed by atoms with Crippen molar-refractivity contribution >= 4 is 43.8 Å². The number of halogens is 4. The first-order valence-corrected chi connectivity index (χ1v) is 8.33. The van der Waals surface area contributed by atoms with Crippen molar-refractivity contribution < 1.29 is 32.6 Å². The molecule has 25 heavy (non-hydrogen) atoms. The summed E-state index contributed by atoms with van der Waals surface area (Å²) >= 11 is 6.11. The molecule has 0 spiro atoms. The summed E-state index contributed by atoms with van der Waals surface area (Å²) in [5.41, 5.74) is 0. The molecule has 0 unspecified atom stereocenters. The highest BCUT2D eigenvalue weighted by atomic mass is 79.9. The Morgan fingerprint density at radius 3 is 1.56 bits per heavy atom. The first-order chi connectivity index (χ1) is 11.8. The summed E-state index contributed by atoms with van der Waals surface area (Å²) in [6, 6.07) is 7.09. The van der Waals surface area contributed by atoms with Crippen molar-refractivity contribution in [3.8, 4) is 11.5 Å². The maximum atomic E-state index is 12.9. The number of benzene rings is 2. The number of esters is 2. The summed E-state index contributed by atoms with van der Waals surface area (Å²) in [6.07, 6.45) is 0. The van der Waals surface area contributed by atoms with Crippen molar-refractivity contribution in [2.45, 2.75) is 0 Å². The Kier molecular flexibility index (Phi) is 7.03. The maximum absolute atomic E-state index is 12.9. The van der Waals surface area contributed by atoms with Crippen molar-refractivity contribution in [3.05, 3.63) is 57.0 Å². The highest BCUT2D eigenvalue weighted by Crippen LogP contribution is 2.26. The molecule has 0 amide bonds. The molecule has 0 saturated heterocycles. The van der Waals surface area contributed by atoms with Gasteiger partial charge in [0.15, 0.2) is 0 Å². The summed E-state index contributed by atoms with van der Waals surface area (Å²) < 4.78 is 41.2. The second-order valence-corrected chi connectivity index (χ2v) is 6.30. The van der Waals surface area contributed by atoms with Gasteiger partial charge in [-0.25, -0.2) is 18.4 Å². The van der Waals surface area contributed by atoms with Gasteiger partial charge in [0.1, 0.15) is 36.3 Å². The predicted octanol–water partition coefficient (Wildman–Crippen LogP) is 4.02. The molecule has 2 aromatic rings. The standard InChI is InChI=1S/C16H10Br2F2O5/c17-11-5-9(19)1-3-13(11)24-15(21)7-23-8-16(22)25-14-4-2-10(20)6-12(14)18/h1-6H,7-8H2. The fourth-order valence-electron chi connectivity index (χ4n) is 1.64. The highest BCUT2D eigenvalue weighted by Gasteiger charge is 2.13. The third-order valence-corrected chi connectivity index (χ3v) is 3.91. The lowest BCUT2D eigenvalue weighted by atomic mass is 10.3. The zero-order chi connectivity index (χ0) is 18.4. The van der Waals surface area contributed by atoms with Gasteiger partial charge < -0.3 is 14.2 Å². The topological polar surface area (TPSA) is 61.8 Å². The van der Waals surface area contributed by atoms with Gasteiger partial charge in [0.2, 0.25) is 0 Å². The molecule has 0 saturated carbocycles. The Morgan fingerprint density at radius 2 is 1.20 bits per heavy atom. The van der Waals surface area contributed by atoms with Crippen molar-refractivity contribution in [2.75, 3.05) is 13.2 Å². The lowest BCUT2D eigenvalue weighted by Gasteiger charge is -2.08. The Hall–Kier alpha value is -1.84. The second-order valence-electron chi connectivity index (χ2n) is 4.59. The fraction of sp³-hybridized carbons (Fsp3) is 0.125. The van der Waals surface area contributed by atoms with E-state index in [1.807, 2.05) is 0 Å². The van der Waals surface area contributed by atoms with Gasteiger partial charge in [-0.15, -0.1) is 0 Å². The molecule has 0 aliphatic heterocycles. The summed E-state index contributed by atoms with van der Waals surface area (Å²) in [7, 11) is 0. The van der Waals surface area contributed by atoms with E-state index >= 15 is 0 Å². The van der Waals surface area contributed by atoms with Crippen LogP contribution in [0.3, 0.4) is 0 Å². The normalized spacial score (nSPS) is 10.4. The van der Waals surface area contributed by atoms with Gasteiger partial charge in [0.25, 0.3) is 0 Å². The van der Waals surface area contributed by atoms with E-state index in [0.29, 0.717) is 0 Å². The van der Waals surface area contributed by atoms with E-state index in [0.717, 1.165) is 24.3 Å². The lowest BCUT2D eigenvalue weighted by molar-refractivity contribution is -0.145. The van der Waals surface area contributed by atoms with E-state index in [4.69, 9.17) is 14.2 Å². The Balaban J connectivity index is 1.77. The third-order valence-electron chi connectivity index (χ3n) is 2.68. The van der Waals surface area contributed by atoms with E-state index in [9.17, 15) is 18.4 Å². The minimum Gasteiger partial charge on any atom is -0.424 e. The van der Waals surface area contributed by atoms with E-state index in [2.05, 4.69) is 31.9 Å². The minimum absolute atomic E-state index is 0.118.